The second kappa shape index (κ2) is 6.81. The van der Waals surface area contributed by atoms with Gasteiger partial charge in [-0.2, -0.15) is 5.26 Å². The number of nitro benzene ring substituents is 1. The number of carbonyl (C=O) groups excluding carboxylic acids is 1. The Morgan fingerprint density at radius 3 is 2.75 bits per heavy atom. The molecule has 0 atom stereocenters. The molecule has 2 aromatic rings. The zero-order valence-corrected chi connectivity index (χ0v) is 13.7. The van der Waals surface area contributed by atoms with Crippen LogP contribution < -0.4 is 5.32 Å². The van der Waals surface area contributed by atoms with Crippen molar-refractivity contribution in [3.63, 3.8) is 0 Å². The maximum absolute atomic E-state index is 12.5. The summed E-state index contributed by atoms with van der Waals surface area (Å²) in [5.74, 6) is -0.560. The Balaban J connectivity index is 1.94. The van der Waals surface area contributed by atoms with E-state index in [4.69, 9.17) is 0 Å². The number of fused-ring (bicyclic) bond motifs is 1. The minimum atomic E-state index is -0.580. The molecular formula is C17H15N3O3S. The van der Waals surface area contributed by atoms with Gasteiger partial charge >= 0.3 is 0 Å². The normalized spacial score (nSPS) is 13.5. The number of amides is 1. The first-order valence-corrected chi connectivity index (χ1v) is 8.53. The van der Waals surface area contributed by atoms with Crippen molar-refractivity contribution in [1.29, 1.82) is 5.26 Å². The van der Waals surface area contributed by atoms with Crippen molar-refractivity contribution < 1.29 is 9.72 Å². The summed E-state index contributed by atoms with van der Waals surface area (Å²) in [5, 5.41) is 23.7. The average Bonchev–Trinajstić information content (AvgIpc) is 2.74. The third-order valence-electron chi connectivity index (χ3n) is 4.11. The molecule has 0 radical (unpaired) electrons. The van der Waals surface area contributed by atoms with Crippen LogP contribution in [0.4, 0.5) is 10.7 Å². The molecule has 1 heterocycles. The number of carbonyl (C=O) groups is 1. The van der Waals surface area contributed by atoms with Crippen molar-refractivity contribution in [3.05, 3.63) is 55.9 Å². The topological polar surface area (TPSA) is 96.0 Å². The van der Waals surface area contributed by atoms with Gasteiger partial charge < -0.3 is 5.32 Å². The highest BCUT2D eigenvalue weighted by molar-refractivity contribution is 7.16. The maximum atomic E-state index is 12.5. The molecule has 1 N–H and O–H groups in total. The molecule has 1 aromatic heterocycles. The fourth-order valence-corrected chi connectivity index (χ4v) is 4.18. The standard InChI is InChI=1S/C17H15N3O3S/c18-10-13-11-6-2-1-3-9-15(11)24-17(13)19-16(21)12-7-4-5-8-14(12)20(22)23/h4-5,7-8H,1-3,6,9H2,(H,19,21). The number of anilines is 1. The van der Waals surface area contributed by atoms with E-state index < -0.39 is 10.8 Å². The molecule has 122 valence electrons. The molecule has 1 aliphatic rings. The number of hydrogen-bond donors (Lipinski definition) is 1. The molecule has 0 spiro atoms. The minimum Gasteiger partial charge on any atom is -0.312 e. The van der Waals surface area contributed by atoms with Crippen LogP contribution in [0.2, 0.25) is 0 Å². The summed E-state index contributed by atoms with van der Waals surface area (Å²) < 4.78 is 0. The van der Waals surface area contributed by atoms with E-state index in [1.54, 1.807) is 6.07 Å². The molecule has 0 saturated carbocycles. The predicted molar refractivity (Wildman–Crippen MR) is 91.3 cm³/mol. The summed E-state index contributed by atoms with van der Waals surface area (Å²) in [6.45, 7) is 0. The summed E-state index contributed by atoms with van der Waals surface area (Å²) in [5.41, 5.74) is 1.28. The number of nitro groups is 1. The number of hydrogen-bond acceptors (Lipinski definition) is 5. The summed E-state index contributed by atoms with van der Waals surface area (Å²) in [4.78, 5) is 24.1. The summed E-state index contributed by atoms with van der Waals surface area (Å²) >= 11 is 1.41. The smallest absolute Gasteiger partial charge is 0.282 e. The molecule has 0 bridgehead atoms. The molecule has 1 amide bonds. The lowest BCUT2D eigenvalue weighted by molar-refractivity contribution is -0.385. The van der Waals surface area contributed by atoms with Gasteiger partial charge in [0, 0.05) is 10.9 Å². The molecule has 24 heavy (non-hydrogen) atoms. The van der Waals surface area contributed by atoms with E-state index in [1.807, 2.05) is 0 Å². The lowest BCUT2D eigenvalue weighted by Gasteiger charge is -2.05. The fraction of sp³-hybridized carbons (Fsp3) is 0.294. The molecular weight excluding hydrogens is 326 g/mol. The van der Waals surface area contributed by atoms with E-state index in [0.717, 1.165) is 42.5 Å². The van der Waals surface area contributed by atoms with E-state index in [1.165, 1.54) is 29.5 Å². The van der Waals surface area contributed by atoms with Gasteiger partial charge in [-0.25, -0.2) is 0 Å². The van der Waals surface area contributed by atoms with E-state index in [0.29, 0.717) is 10.6 Å². The van der Waals surface area contributed by atoms with Crippen LogP contribution in [-0.4, -0.2) is 10.8 Å². The van der Waals surface area contributed by atoms with Crippen LogP contribution in [0.1, 0.15) is 45.6 Å². The molecule has 0 fully saturated rings. The van der Waals surface area contributed by atoms with Gasteiger partial charge in [-0.1, -0.05) is 18.6 Å². The summed E-state index contributed by atoms with van der Waals surface area (Å²) in [6, 6.07) is 7.99. The molecule has 1 aliphatic carbocycles. The van der Waals surface area contributed by atoms with E-state index >= 15 is 0 Å². The van der Waals surface area contributed by atoms with E-state index in [9.17, 15) is 20.2 Å². The van der Waals surface area contributed by atoms with Crippen LogP contribution in [0.5, 0.6) is 0 Å². The van der Waals surface area contributed by atoms with Gasteiger partial charge in [-0.15, -0.1) is 11.3 Å². The third kappa shape index (κ3) is 3.01. The lowest BCUT2D eigenvalue weighted by Crippen LogP contribution is -2.13. The molecule has 3 rings (SSSR count). The Labute approximate surface area is 142 Å². The van der Waals surface area contributed by atoms with Crippen molar-refractivity contribution in [2.45, 2.75) is 32.1 Å². The maximum Gasteiger partial charge on any atom is 0.282 e. The second-order valence-corrected chi connectivity index (χ2v) is 6.71. The average molecular weight is 341 g/mol. The highest BCUT2D eigenvalue weighted by Crippen LogP contribution is 2.37. The number of nitriles is 1. The van der Waals surface area contributed by atoms with Gasteiger partial charge in [0.15, 0.2) is 0 Å². The minimum absolute atomic E-state index is 0.00464. The van der Waals surface area contributed by atoms with Gasteiger partial charge in [0.25, 0.3) is 11.6 Å². The zero-order valence-electron chi connectivity index (χ0n) is 12.9. The third-order valence-corrected chi connectivity index (χ3v) is 5.31. The fourth-order valence-electron chi connectivity index (χ4n) is 2.94. The Hall–Kier alpha value is -2.72. The largest absolute Gasteiger partial charge is 0.312 e. The second-order valence-electron chi connectivity index (χ2n) is 5.61. The number of thiophene rings is 1. The summed E-state index contributed by atoms with van der Waals surface area (Å²) in [7, 11) is 0. The van der Waals surface area contributed by atoms with Gasteiger partial charge in [0.2, 0.25) is 0 Å². The van der Waals surface area contributed by atoms with Crippen LogP contribution in [0.3, 0.4) is 0 Å². The molecule has 0 saturated heterocycles. The van der Waals surface area contributed by atoms with Crippen LogP contribution >= 0.6 is 11.3 Å². The first-order valence-electron chi connectivity index (χ1n) is 7.71. The van der Waals surface area contributed by atoms with Gasteiger partial charge in [-0.05, 0) is 37.3 Å². The molecule has 0 unspecified atom stereocenters. The molecule has 7 heteroatoms. The van der Waals surface area contributed by atoms with Crippen molar-refractivity contribution in [2.24, 2.45) is 0 Å². The van der Waals surface area contributed by atoms with Crippen molar-refractivity contribution in [1.82, 2.24) is 0 Å². The molecule has 0 aliphatic heterocycles. The Morgan fingerprint density at radius 1 is 1.25 bits per heavy atom. The predicted octanol–water partition coefficient (Wildman–Crippen LogP) is 4.05. The number of benzene rings is 1. The highest BCUT2D eigenvalue weighted by atomic mass is 32.1. The lowest BCUT2D eigenvalue weighted by atomic mass is 10.1. The van der Waals surface area contributed by atoms with Crippen molar-refractivity contribution in [3.8, 4) is 6.07 Å². The number of para-hydroxylation sites is 1. The van der Waals surface area contributed by atoms with E-state index in [-0.39, 0.29) is 11.3 Å². The number of nitrogens with one attached hydrogen (secondary N) is 1. The van der Waals surface area contributed by atoms with Crippen LogP contribution in [-0.2, 0) is 12.8 Å². The molecule has 1 aromatic carbocycles. The van der Waals surface area contributed by atoms with Crippen LogP contribution in [0.15, 0.2) is 24.3 Å². The number of rotatable bonds is 3. The number of aryl methyl sites for hydroxylation is 1. The van der Waals surface area contributed by atoms with E-state index in [2.05, 4.69) is 11.4 Å². The highest BCUT2D eigenvalue weighted by Gasteiger charge is 2.24. The van der Waals surface area contributed by atoms with Crippen molar-refractivity contribution in [2.75, 3.05) is 5.32 Å². The molecule has 6 nitrogen and oxygen atoms in total. The monoisotopic (exact) mass is 341 g/mol. The van der Waals surface area contributed by atoms with Crippen molar-refractivity contribution >= 4 is 27.9 Å². The first kappa shape index (κ1) is 16.1. The Kier molecular flexibility index (Phi) is 4.58. The Morgan fingerprint density at radius 2 is 2.00 bits per heavy atom. The van der Waals surface area contributed by atoms with Crippen LogP contribution in [0, 0.1) is 21.4 Å². The number of nitrogens with zero attached hydrogens (tertiary/aromatic N) is 2. The van der Waals surface area contributed by atoms with Gasteiger partial charge in [0.1, 0.15) is 16.6 Å². The first-order chi connectivity index (χ1) is 11.6. The quantitative estimate of drug-likeness (QED) is 0.517. The SMILES string of the molecule is N#Cc1c(NC(=O)c2ccccc2[N+](=O)[O-])sc2c1CCCCC2. The zero-order chi connectivity index (χ0) is 17.1. The van der Waals surface area contributed by atoms with Crippen LogP contribution in [0.25, 0.3) is 0 Å². The van der Waals surface area contributed by atoms with Gasteiger partial charge in [-0.3, -0.25) is 14.9 Å². The van der Waals surface area contributed by atoms with Gasteiger partial charge in [0.05, 0.1) is 10.5 Å². The Bertz CT molecular complexity index is 851. The summed E-state index contributed by atoms with van der Waals surface area (Å²) in [6.07, 6.45) is 5.02.